The summed E-state index contributed by atoms with van der Waals surface area (Å²) in [4.78, 5) is 13.0. The fourth-order valence-electron chi connectivity index (χ4n) is 1.83. The summed E-state index contributed by atoms with van der Waals surface area (Å²) < 4.78 is 24.4. The van der Waals surface area contributed by atoms with Crippen molar-refractivity contribution in [2.24, 2.45) is 0 Å². The van der Waals surface area contributed by atoms with Gasteiger partial charge in [0.2, 0.25) is 5.91 Å². The van der Waals surface area contributed by atoms with Crippen LogP contribution in [0.5, 0.6) is 0 Å². The maximum Gasteiger partial charge on any atom is 0.239 e. The number of benzene rings is 2. The summed E-state index contributed by atoms with van der Waals surface area (Å²) in [6.07, 6.45) is 1.88. The van der Waals surface area contributed by atoms with Gasteiger partial charge in [0.15, 0.2) is 9.84 Å². The summed E-state index contributed by atoms with van der Waals surface area (Å²) >= 11 is 7.21. The van der Waals surface area contributed by atoms with Crippen molar-refractivity contribution in [3.63, 3.8) is 0 Å². The summed E-state index contributed by atoms with van der Waals surface area (Å²) in [5.74, 6) is -1.19. The molecule has 22 heavy (non-hydrogen) atoms. The molecule has 0 bridgehead atoms. The summed E-state index contributed by atoms with van der Waals surface area (Å²) in [5, 5.41) is 3.08. The predicted octanol–water partition coefficient (Wildman–Crippen LogP) is 3.47. The van der Waals surface area contributed by atoms with Crippen molar-refractivity contribution in [3.05, 3.63) is 53.6 Å². The molecule has 2 rings (SSSR count). The van der Waals surface area contributed by atoms with Gasteiger partial charge in [-0.25, -0.2) is 8.42 Å². The number of rotatable bonds is 5. The van der Waals surface area contributed by atoms with E-state index in [1.54, 1.807) is 12.1 Å². The predicted molar refractivity (Wildman–Crippen MR) is 90.4 cm³/mol. The lowest BCUT2D eigenvalue weighted by atomic mass is 10.3. The molecular formula is C15H14ClNO3S2. The first-order valence-electron chi connectivity index (χ1n) is 6.33. The molecule has 116 valence electrons. The third-order valence-electron chi connectivity index (χ3n) is 2.87. The van der Waals surface area contributed by atoms with Crippen LogP contribution in [0.2, 0.25) is 5.02 Å². The van der Waals surface area contributed by atoms with Crippen molar-refractivity contribution in [1.82, 2.24) is 0 Å². The first kappa shape index (κ1) is 16.9. The van der Waals surface area contributed by atoms with Crippen LogP contribution in [-0.4, -0.2) is 26.3 Å². The Labute approximate surface area is 138 Å². The summed E-state index contributed by atoms with van der Waals surface area (Å²) in [6, 6.07) is 13.0. The molecule has 0 aliphatic rings. The van der Waals surface area contributed by atoms with Crippen LogP contribution >= 0.6 is 23.4 Å². The standard InChI is InChI=1S/C15H14ClNO3S2/c1-21-14-5-3-2-4-13(14)17-15(18)10-22(19,20)12-8-6-11(16)7-9-12/h2-9H,10H2,1H3,(H,17,18). The Morgan fingerprint density at radius 2 is 1.77 bits per heavy atom. The molecule has 1 N–H and O–H groups in total. The van der Waals surface area contributed by atoms with Crippen molar-refractivity contribution in [3.8, 4) is 0 Å². The molecule has 0 atom stereocenters. The number of halogens is 1. The zero-order chi connectivity index (χ0) is 16.2. The molecule has 0 fully saturated rings. The van der Waals surface area contributed by atoms with Crippen LogP contribution in [0.3, 0.4) is 0 Å². The molecule has 0 saturated heterocycles. The number of sulfone groups is 1. The maximum absolute atomic E-state index is 12.2. The van der Waals surface area contributed by atoms with E-state index in [4.69, 9.17) is 11.6 Å². The fraction of sp³-hybridized carbons (Fsp3) is 0.133. The average Bonchev–Trinajstić information content (AvgIpc) is 2.47. The molecular weight excluding hydrogens is 342 g/mol. The SMILES string of the molecule is CSc1ccccc1NC(=O)CS(=O)(=O)c1ccc(Cl)cc1. The Balaban J connectivity index is 2.13. The fourth-order valence-corrected chi connectivity index (χ4v) is 3.65. The minimum atomic E-state index is -3.69. The van der Waals surface area contributed by atoms with Crippen LogP contribution in [0.4, 0.5) is 5.69 Å². The number of para-hydroxylation sites is 1. The second-order valence-corrected chi connectivity index (χ2v) is 7.74. The van der Waals surface area contributed by atoms with Gasteiger partial charge in [-0.1, -0.05) is 23.7 Å². The van der Waals surface area contributed by atoms with Crippen LogP contribution in [0.15, 0.2) is 58.3 Å². The molecule has 4 nitrogen and oxygen atoms in total. The highest BCUT2D eigenvalue weighted by molar-refractivity contribution is 7.98. The van der Waals surface area contributed by atoms with Crippen LogP contribution in [0.1, 0.15) is 0 Å². The van der Waals surface area contributed by atoms with Gasteiger partial charge in [0.25, 0.3) is 0 Å². The molecule has 0 unspecified atom stereocenters. The number of carbonyl (C=O) groups excluding carboxylic acids is 1. The van der Waals surface area contributed by atoms with Crippen molar-refractivity contribution in [2.75, 3.05) is 17.3 Å². The van der Waals surface area contributed by atoms with Gasteiger partial charge in [-0.05, 0) is 42.7 Å². The summed E-state index contributed by atoms with van der Waals surface area (Å²) in [7, 11) is -3.69. The normalized spacial score (nSPS) is 11.2. The van der Waals surface area contributed by atoms with Gasteiger partial charge in [-0.2, -0.15) is 0 Å². The molecule has 7 heteroatoms. The number of thioether (sulfide) groups is 1. The third kappa shape index (κ3) is 4.25. The summed E-state index contributed by atoms with van der Waals surface area (Å²) in [6.45, 7) is 0. The van der Waals surface area contributed by atoms with E-state index in [1.807, 2.05) is 18.4 Å². The number of hydrogen-bond donors (Lipinski definition) is 1. The molecule has 1 amide bonds. The van der Waals surface area contributed by atoms with E-state index >= 15 is 0 Å². The highest BCUT2D eigenvalue weighted by Crippen LogP contribution is 2.24. The Morgan fingerprint density at radius 3 is 2.41 bits per heavy atom. The van der Waals surface area contributed by atoms with E-state index < -0.39 is 21.5 Å². The molecule has 2 aromatic rings. The quantitative estimate of drug-likeness (QED) is 0.834. The molecule has 2 aromatic carbocycles. The number of carbonyl (C=O) groups is 1. The Morgan fingerprint density at radius 1 is 1.14 bits per heavy atom. The van der Waals surface area contributed by atoms with Crippen molar-refractivity contribution < 1.29 is 13.2 Å². The van der Waals surface area contributed by atoms with E-state index in [9.17, 15) is 13.2 Å². The Hall–Kier alpha value is -1.50. The van der Waals surface area contributed by atoms with Gasteiger partial charge < -0.3 is 5.32 Å². The minimum Gasteiger partial charge on any atom is -0.324 e. The van der Waals surface area contributed by atoms with E-state index in [2.05, 4.69) is 5.32 Å². The van der Waals surface area contributed by atoms with E-state index in [1.165, 1.54) is 36.0 Å². The molecule has 0 radical (unpaired) electrons. The highest BCUT2D eigenvalue weighted by Gasteiger charge is 2.19. The average molecular weight is 356 g/mol. The lowest BCUT2D eigenvalue weighted by molar-refractivity contribution is -0.113. The lowest BCUT2D eigenvalue weighted by Crippen LogP contribution is -2.23. The largest absolute Gasteiger partial charge is 0.324 e. The first-order valence-corrected chi connectivity index (χ1v) is 9.59. The Bertz CT molecular complexity index is 774. The number of hydrogen-bond acceptors (Lipinski definition) is 4. The smallest absolute Gasteiger partial charge is 0.239 e. The van der Waals surface area contributed by atoms with Crippen LogP contribution in [0.25, 0.3) is 0 Å². The topological polar surface area (TPSA) is 63.2 Å². The van der Waals surface area contributed by atoms with E-state index in [0.717, 1.165) is 4.90 Å². The van der Waals surface area contributed by atoms with E-state index in [0.29, 0.717) is 10.7 Å². The van der Waals surface area contributed by atoms with Crippen molar-refractivity contribution in [2.45, 2.75) is 9.79 Å². The number of anilines is 1. The third-order valence-corrected chi connectivity index (χ3v) is 5.56. The number of amides is 1. The van der Waals surface area contributed by atoms with E-state index in [-0.39, 0.29) is 4.90 Å². The van der Waals surface area contributed by atoms with Gasteiger partial charge >= 0.3 is 0 Å². The zero-order valence-electron chi connectivity index (χ0n) is 11.7. The maximum atomic E-state index is 12.2. The second kappa shape index (κ2) is 7.17. The van der Waals surface area contributed by atoms with Crippen molar-refractivity contribution in [1.29, 1.82) is 0 Å². The summed E-state index contributed by atoms with van der Waals surface area (Å²) in [5.41, 5.74) is 0.603. The van der Waals surface area contributed by atoms with Gasteiger partial charge in [0.1, 0.15) is 5.75 Å². The van der Waals surface area contributed by atoms with Gasteiger partial charge in [0, 0.05) is 9.92 Å². The van der Waals surface area contributed by atoms with Crippen LogP contribution < -0.4 is 5.32 Å². The van der Waals surface area contributed by atoms with Gasteiger partial charge in [-0.3, -0.25) is 4.79 Å². The monoisotopic (exact) mass is 355 g/mol. The molecule has 0 spiro atoms. The Kier molecular flexibility index (Phi) is 5.50. The van der Waals surface area contributed by atoms with Crippen LogP contribution in [-0.2, 0) is 14.6 Å². The molecule has 0 saturated carbocycles. The molecule has 0 aliphatic heterocycles. The first-order chi connectivity index (χ1) is 10.4. The zero-order valence-corrected chi connectivity index (χ0v) is 14.1. The van der Waals surface area contributed by atoms with Gasteiger partial charge in [0.05, 0.1) is 10.6 Å². The molecule has 0 aliphatic carbocycles. The minimum absolute atomic E-state index is 0.0743. The second-order valence-electron chi connectivity index (χ2n) is 4.46. The van der Waals surface area contributed by atoms with Gasteiger partial charge in [-0.15, -0.1) is 11.8 Å². The highest BCUT2D eigenvalue weighted by atomic mass is 35.5. The van der Waals surface area contributed by atoms with Crippen molar-refractivity contribution >= 4 is 44.8 Å². The van der Waals surface area contributed by atoms with Crippen LogP contribution in [0, 0.1) is 0 Å². The number of nitrogens with one attached hydrogen (secondary N) is 1. The molecule has 0 heterocycles. The molecule has 0 aromatic heterocycles. The lowest BCUT2D eigenvalue weighted by Gasteiger charge is -2.09.